The van der Waals surface area contributed by atoms with Crippen molar-refractivity contribution in [2.24, 2.45) is 0 Å². The highest BCUT2D eigenvalue weighted by molar-refractivity contribution is 6.22. The number of carbonyl (C=O) groups excluding carboxylic acids is 4. The summed E-state index contributed by atoms with van der Waals surface area (Å²) in [6.07, 6.45) is 1.44. The van der Waals surface area contributed by atoms with Crippen molar-refractivity contribution in [3.05, 3.63) is 47.5 Å². The molecule has 1 unspecified atom stereocenters. The topological polar surface area (TPSA) is 102 Å². The van der Waals surface area contributed by atoms with Gasteiger partial charge in [-0.25, -0.2) is 4.79 Å². The molecule has 0 bridgehead atoms. The van der Waals surface area contributed by atoms with E-state index in [0.29, 0.717) is 6.61 Å². The van der Waals surface area contributed by atoms with Crippen molar-refractivity contribution < 1.29 is 28.7 Å². The molecule has 8 nitrogen and oxygen atoms in total. The number of benzene rings is 1. The molecule has 0 spiro atoms. The van der Waals surface area contributed by atoms with Gasteiger partial charge in [0.15, 0.2) is 6.61 Å². The van der Waals surface area contributed by atoms with Gasteiger partial charge in [-0.05, 0) is 25.1 Å². The van der Waals surface area contributed by atoms with E-state index in [9.17, 15) is 19.2 Å². The van der Waals surface area contributed by atoms with Crippen molar-refractivity contribution in [2.45, 2.75) is 13.0 Å². The molecule has 0 aromatic heterocycles. The predicted octanol–water partition coefficient (Wildman–Crippen LogP) is 0.776. The van der Waals surface area contributed by atoms with E-state index < -0.39 is 30.3 Å². The highest BCUT2D eigenvalue weighted by Crippen LogP contribution is 2.24. The molecule has 0 aliphatic carbocycles. The Morgan fingerprint density at radius 1 is 1.27 bits per heavy atom. The first-order valence-electron chi connectivity index (χ1n) is 7.95. The quantitative estimate of drug-likeness (QED) is 0.417. The number of carbonyl (C=O) groups is 4. The van der Waals surface area contributed by atoms with Crippen molar-refractivity contribution >= 4 is 23.7 Å². The van der Waals surface area contributed by atoms with Gasteiger partial charge in [0.05, 0.1) is 23.3 Å². The average molecular weight is 360 g/mol. The molecule has 0 radical (unpaired) electrons. The van der Waals surface area contributed by atoms with Gasteiger partial charge < -0.3 is 14.8 Å². The van der Waals surface area contributed by atoms with Crippen LogP contribution >= 0.6 is 0 Å². The van der Waals surface area contributed by atoms with E-state index in [1.54, 1.807) is 6.92 Å². The lowest BCUT2D eigenvalue weighted by molar-refractivity contribution is -0.125. The number of hydrogen-bond donors (Lipinski definition) is 1. The van der Waals surface area contributed by atoms with Crippen LogP contribution in [0.2, 0.25) is 0 Å². The molecule has 0 saturated heterocycles. The lowest BCUT2D eigenvalue weighted by Crippen LogP contribution is -2.38. The van der Waals surface area contributed by atoms with E-state index in [1.165, 1.54) is 31.4 Å². The van der Waals surface area contributed by atoms with Crippen molar-refractivity contribution in [3.8, 4) is 0 Å². The molecule has 1 aromatic carbocycles. The molecule has 1 aromatic rings. The molecule has 0 fully saturated rings. The summed E-state index contributed by atoms with van der Waals surface area (Å²) in [5, 5.41) is 2.61. The van der Waals surface area contributed by atoms with Gasteiger partial charge in [0.25, 0.3) is 17.7 Å². The van der Waals surface area contributed by atoms with E-state index in [-0.39, 0.29) is 29.3 Å². The zero-order valence-corrected chi connectivity index (χ0v) is 14.6. The van der Waals surface area contributed by atoms with E-state index >= 15 is 0 Å². The maximum Gasteiger partial charge on any atom is 0.338 e. The minimum absolute atomic E-state index is 0.0862. The third-order valence-electron chi connectivity index (χ3n) is 3.68. The molecular weight excluding hydrogens is 340 g/mol. The minimum atomic E-state index is -0.759. The van der Waals surface area contributed by atoms with Crippen LogP contribution in [0.1, 0.15) is 38.0 Å². The summed E-state index contributed by atoms with van der Waals surface area (Å²) >= 11 is 0. The standard InChI is InChI=1S/C18H20N2O6/c1-4-7-20-16(22)13-6-5-12(8-14(13)17(20)23)18(24)26-10-15(21)19-11(2)9-25-3/h4-6,8,11H,1,7,9-10H2,2-3H3,(H,19,21). The fourth-order valence-corrected chi connectivity index (χ4v) is 2.54. The third kappa shape index (κ3) is 4.15. The first-order valence-corrected chi connectivity index (χ1v) is 7.95. The SMILES string of the molecule is C=CCN1C(=O)c2ccc(C(=O)OCC(=O)NC(C)COC)cc2C1=O. The molecule has 1 aliphatic heterocycles. The largest absolute Gasteiger partial charge is 0.452 e. The second kappa shape index (κ2) is 8.39. The van der Waals surface area contributed by atoms with E-state index in [2.05, 4.69) is 11.9 Å². The number of esters is 1. The summed E-state index contributed by atoms with van der Waals surface area (Å²) in [6, 6.07) is 3.86. The Morgan fingerprint density at radius 3 is 2.62 bits per heavy atom. The molecule has 1 aliphatic rings. The second-order valence-electron chi connectivity index (χ2n) is 5.77. The Kier molecular flexibility index (Phi) is 6.24. The molecule has 8 heteroatoms. The Hall–Kier alpha value is -3.00. The monoisotopic (exact) mass is 360 g/mol. The van der Waals surface area contributed by atoms with Gasteiger partial charge in [0.2, 0.25) is 0 Å². The first-order chi connectivity index (χ1) is 12.4. The van der Waals surface area contributed by atoms with Crippen LogP contribution in [0, 0.1) is 0 Å². The Balaban J connectivity index is 2.02. The summed E-state index contributed by atoms with van der Waals surface area (Å²) < 4.78 is 9.84. The van der Waals surface area contributed by atoms with Gasteiger partial charge >= 0.3 is 5.97 Å². The van der Waals surface area contributed by atoms with Crippen LogP contribution < -0.4 is 5.32 Å². The fraction of sp³-hybridized carbons (Fsp3) is 0.333. The Labute approximate surface area is 150 Å². The summed E-state index contributed by atoms with van der Waals surface area (Å²) in [5.41, 5.74) is 0.437. The van der Waals surface area contributed by atoms with Crippen LogP contribution in [0.15, 0.2) is 30.9 Å². The molecule has 1 N–H and O–H groups in total. The number of methoxy groups -OCH3 is 1. The molecule has 1 heterocycles. The highest BCUT2D eigenvalue weighted by atomic mass is 16.5. The van der Waals surface area contributed by atoms with Crippen molar-refractivity contribution in [2.75, 3.05) is 26.9 Å². The van der Waals surface area contributed by atoms with Crippen LogP contribution in [0.25, 0.3) is 0 Å². The maximum absolute atomic E-state index is 12.3. The number of nitrogens with zero attached hydrogens (tertiary/aromatic N) is 1. The minimum Gasteiger partial charge on any atom is -0.452 e. The third-order valence-corrected chi connectivity index (χ3v) is 3.68. The van der Waals surface area contributed by atoms with Crippen LogP contribution in [-0.4, -0.2) is 61.5 Å². The average Bonchev–Trinajstić information content (AvgIpc) is 2.84. The number of nitrogens with one attached hydrogen (secondary N) is 1. The summed E-state index contributed by atoms with van der Waals surface area (Å²) in [5.74, 6) is -2.15. The molecule has 0 saturated carbocycles. The smallest absolute Gasteiger partial charge is 0.338 e. The van der Waals surface area contributed by atoms with Gasteiger partial charge in [-0.15, -0.1) is 6.58 Å². The van der Waals surface area contributed by atoms with E-state index in [1.807, 2.05) is 0 Å². The highest BCUT2D eigenvalue weighted by Gasteiger charge is 2.35. The normalized spacial score (nSPS) is 14.0. The van der Waals surface area contributed by atoms with Crippen molar-refractivity contribution in [1.29, 1.82) is 0 Å². The van der Waals surface area contributed by atoms with Crippen LogP contribution in [0.3, 0.4) is 0 Å². The number of rotatable bonds is 8. The molecular formula is C18H20N2O6. The second-order valence-corrected chi connectivity index (χ2v) is 5.77. The Morgan fingerprint density at radius 2 is 1.96 bits per heavy atom. The van der Waals surface area contributed by atoms with Gasteiger partial charge in [-0.2, -0.15) is 0 Å². The van der Waals surface area contributed by atoms with Gasteiger partial charge in [0.1, 0.15) is 0 Å². The number of hydrogen-bond acceptors (Lipinski definition) is 6. The van der Waals surface area contributed by atoms with Crippen molar-refractivity contribution in [3.63, 3.8) is 0 Å². The lowest BCUT2D eigenvalue weighted by atomic mass is 10.1. The number of imide groups is 1. The molecule has 1 atom stereocenters. The van der Waals surface area contributed by atoms with E-state index in [0.717, 1.165) is 4.90 Å². The lowest BCUT2D eigenvalue weighted by Gasteiger charge is -2.12. The van der Waals surface area contributed by atoms with Crippen LogP contribution in [-0.2, 0) is 14.3 Å². The molecule has 3 amide bonds. The number of fused-ring (bicyclic) bond motifs is 1. The zero-order chi connectivity index (χ0) is 19.3. The number of amides is 3. The molecule has 138 valence electrons. The number of ether oxygens (including phenoxy) is 2. The fourth-order valence-electron chi connectivity index (χ4n) is 2.54. The van der Waals surface area contributed by atoms with Crippen molar-refractivity contribution in [1.82, 2.24) is 10.2 Å². The van der Waals surface area contributed by atoms with Gasteiger partial charge in [-0.1, -0.05) is 6.08 Å². The van der Waals surface area contributed by atoms with Gasteiger partial charge in [-0.3, -0.25) is 19.3 Å². The van der Waals surface area contributed by atoms with Gasteiger partial charge in [0, 0.05) is 19.7 Å². The van der Waals surface area contributed by atoms with Crippen LogP contribution in [0.5, 0.6) is 0 Å². The summed E-state index contributed by atoms with van der Waals surface area (Å²) in [7, 11) is 1.51. The molecule has 2 rings (SSSR count). The first kappa shape index (κ1) is 19.3. The van der Waals surface area contributed by atoms with Crippen LogP contribution in [0.4, 0.5) is 0 Å². The zero-order valence-electron chi connectivity index (χ0n) is 14.6. The summed E-state index contributed by atoms with van der Waals surface area (Å²) in [4.78, 5) is 49.2. The summed E-state index contributed by atoms with van der Waals surface area (Å²) in [6.45, 7) is 5.23. The maximum atomic E-state index is 12.3. The predicted molar refractivity (Wildman–Crippen MR) is 91.8 cm³/mol. The van der Waals surface area contributed by atoms with E-state index in [4.69, 9.17) is 9.47 Å². The Bertz CT molecular complexity index is 758. The molecule has 26 heavy (non-hydrogen) atoms.